The first kappa shape index (κ1) is 24.2. The minimum atomic E-state index is -4.32. The molecule has 7 heteroatoms. The van der Waals surface area contributed by atoms with Crippen molar-refractivity contribution in [3.05, 3.63) is 95.1 Å². The van der Waals surface area contributed by atoms with Gasteiger partial charge < -0.3 is 10.2 Å². The molecule has 3 aromatic rings. The van der Waals surface area contributed by atoms with E-state index in [1.54, 1.807) is 11.8 Å². The summed E-state index contributed by atoms with van der Waals surface area (Å²) in [6, 6.07) is 21.2. The molecule has 3 aromatic carbocycles. The fourth-order valence-electron chi connectivity index (χ4n) is 4.19. The Morgan fingerprint density at radius 3 is 2.29 bits per heavy atom. The van der Waals surface area contributed by atoms with Gasteiger partial charge in [-0.2, -0.15) is 13.2 Å². The van der Waals surface area contributed by atoms with Gasteiger partial charge in [0.25, 0.3) is 5.91 Å². The van der Waals surface area contributed by atoms with Crippen molar-refractivity contribution in [1.29, 1.82) is 0 Å². The van der Waals surface area contributed by atoms with Gasteiger partial charge in [-0.15, -0.1) is 11.8 Å². The Hall–Kier alpha value is -2.93. The van der Waals surface area contributed by atoms with Crippen molar-refractivity contribution in [2.45, 2.75) is 36.9 Å². The average molecular weight is 485 g/mol. The number of nitrogens with zero attached hydrogens (tertiary/aromatic N) is 1. The molecule has 0 aromatic heterocycles. The lowest BCUT2D eigenvalue weighted by atomic mass is 9.97. The molecule has 0 radical (unpaired) electrons. The highest BCUT2D eigenvalue weighted by molar-refractivity contribution is 7.99. The zero-order valence-electron chi connectivity index (χ0n) is 18.9. The Balaban J connectivity index is 1.31. The predicted molar refractivity (Wildman–Crippen MR) is 131 cm³/mol. The van der Waals surface area contributed by atoms with Crippen LogP contribution >= 0.6 is 11.8 Å². The van der Waals surface area contributed by atoms with Crippen LogP contribution < -0.4 is 10.2 Å². The SMILES string of the molecule is CCSc1ccc(CNC(=O)c2ccc(C3CCN(c4ccc(C(F)(F)F)cc4)C3)cc2)cc1. The minimum absolute atomic E-state index is 0.114. The maximum absolute atomic E-state index is 12.8. The Morgan fingerprint density at radius 2 is 1.68 bits per heavy atom. The van der Waals surface area contributed by atoms with Crippen LogP contribution in [0.3, 0.4) is 0 Å². The Bertz CT molecular complexity index is 1100. The summed E-state index contributed by atoms with van der Waals surface area (Å²) in [5.74, 6) is 1.19. The van der Waals surface area contributed by atoms with Gasteiger partial charge in [0.15, 0.2) is 0 Å². The van der Waals surface area contributed by atoms with Crippen LogP contribution in [0.15, 0.2) is 77.7 Å². The molecule has 0 aliphatic carbocycles. The van der Waals surface area contributed by atoms with E-state index in [0.717, 1.165) is 54.2 Å². The molecule has 34 heavy (non-hydrogen) atoms. The van der Waals surface area contributed by atoms with Gasteiger partial charge in [-0.05, 0) is 71.8 Å². The second kappa shape index (κ2) is 10.6. The van der Waals surface area contributed by atoms with Crippen LogP contribution in [0.25, 0.3) is 0 Å². The summed E-state index contributed by atoms with van der Waals surface area (Å²) >= 11 is 1.79. The van der Waals surface area contributed by atoms with E-state index < -0.39 is 11.7 Å². The zero-order valence-corrected chi connectivity index (χ0v) is 19.8. The van der Waals surface area contributed by atoms with Crippen molar-refractivity contribution in [1.82, 2.24) is 5.32 Å². The van der Waals surface area contributed by atoms with Gasteiger partial charge in [0.1, 0.15) is 0 Å². The van der Waals surface area contributed by atoms with Crippen LogP contribution in [0.5, 0.6) is 0 Å². The van der Waals surface area contributed by atoms with Crippen molar-refractivity contribution >= 4 is 23.4 Å². The van der Waals surface area contributed by atoms with Crippen molar-refractivity contribution in [2.75, 3.05) is 23.7 Å². The fraction of sp³-hybridized carbons (Fsp3) is 0.296. The maximum atomic E-state index is 12.8. The monoisotopic (exact) mass is 484 g/mol. The van der Waals surface area contributed by atoms with Gasteiger partial charge in [-0.25, -0.2) is 0 Å². The van der Waals surface area contributed by atoms with Crippen LogP contribution in [0.2, 0.25) is 0 Å². The number of benzene rings is 3. The van der Waals surface area contributed by atoms with Crippen molar-refractivity contribution in [2.24, 2.45) is 0 Å². The number of thioether (sulfide) groups is 1. The summed E-state index contributed by atoms with van der Waals surface area (Å²) in [5.41, 5.74) is 2.97. The molecule has 1 amide bonds. The second-order valence-corrected chi connectivity index (χ2v) is 9.70. The molecule has 4 rings (SSSR count). The number of hydrogen-bond donors (Lipinski definition) is 1. The Kier molecular flexibility index (Phi) is 7.51. The molecule has 1 aliphatic heterocycles. The summed E-state index contributed by atoms with van der Waals surface area (Å²) < 4.78 is 38.4. The Morgan fingerprint density at radius 1 is 1.00 bits per heavy atom. The zero-order chi connectivity index (χ0) is 24.1. The van der Waals surface area contributed by atoms with Crippen LogP contribution in [-0.2, 0) is 12.7 Å². The third-order valence-electron chi connectivity index (χ3n) is 6.08. The van der Waals surface area contributed by atoms with Gasteiger partial charge in [-0.3, -0.25) is 4.79 Å². The molecule has 1 heterocycles. The lowest BCUT2D eigenvalue weighted by Crippen LogP contribution is -2.22. The fourth-order valence-corrected chi connectivity index (χ4v) is 4.85. The van der Waals surface area contributed by atoms with Gasteiger partial charge in [0.2, 0.25) is 0 Å². The topological polar surface area (TPSA) is 32.3 Å². The molecule has 0 saturated carbocycles. The maximum Gasteiger partial charge on any atom is 0.416 e. The van der Waals surface area contributed by atoms with E-state index in [1.165, 1.54) is 17.0 Å². The number of carbonyl (C=O) groups is 1. The van der Waals surface area contributed by atoms with Gasteiger partial charge in [0, 0.05) is 41.7 Å². The minimum Gasteiger partial charge on any atom is -0.371 e. The third kappa shape index (κ3) is 5.95. The summed E-state index contributed by atoms with van der Waals surface area (Å²) in [6.07, 6.45) is -3.41. The molecule has 178 valence electrons. The lowest BCUT2D eigenvalue weighted by molar-refractivity contribution is -0.137. The van der Waals surface area contributed by atoms with E-state index in [0.29, 0.717) is 12.1 Å². The molecule has 1 aliphatic rings. The normalized spacial score (nSPS) is 16.0. The highest BCUT2D eigenvalue weighted by Crippen LogP contribution is 2.34. The van der Waals surface area contributed by atoms with Crippen molar-refractivity contribution < 1.29 is 18.0 Å². The molecule has 1 N–H and O–H groups in total. The largest absolute Gasteiger partial charge is 0.416 e. The third-order valence-corrected chi connectivity index (χ3v) is 6.97. The first-order valence-electron chi connectivity index (χ1n) is 11.4. The van der Waals surface area contributed by atoms with E-state index in [2.05, 4.69) is 29.3 Å². The lowest BCUT2D eigenvalue weighted by Gasteiger charge is -2.19. The number of rotatable bonds is 7. The average Bonchev–Trinajstić information content (AvgIpc) is 3.34. The van der Waals surface area contributed by atoms with E-state index in [9.17, 15) is 18.0 Å². The van der Waals surface area contributed by atoms with Crippen molar-refractivity contribution in [3.8, 4) is 0 Å². The van der Waals surface area contributed by atoms with E-state index in [-0.39, 0.29) is 11.8 Å². The molecule has 1 saturated heterocycles. The number of carbonyl (C=O) groups excluding carboxylic acids is 1. The summed E-state index contributed by atoms with van der Waals surface area (Å²) in [5, 5.41) is 2.97. The number of halogens is 3. The number of alkyl halides is 3. The summed E-state index contributed by atoms with van der Waals surface area (Å²) in [4.78, 5) is 15.9. The predicted octanol–water partition coefficient (Wildman–Crippen LogP) is 6.74. The van der Waals surface area contributed by atoms with Gasteiger partial charge >= 0.3 is 6.18 Å². The summed E-state index contributed by atoms with van der Waals surface area (Å²) in [6.45, 7) is 4.12. The van der Waals surface area contributed by atoms with Crippen LogP contribution in [0, 0.1) is 0 Å². The molecule has 1 fully saturated rings. The van der Waals surface area contributed by atoms with Crippen molar-refractivity contribution in [3.63, 3.8) is 0 Å². The highest BCUT2D eigenvalue weighted by Gasteiger charge is 2.31. The molecule has 0 bridgehead atoms. The quantitative estimate of drug-likeness (QED) is 0.377. The molecule has 1 unspecified atom stereocenters. The molecular formula is C27H27F3N2OS. The number of amides is 1. The number of nitrogens with one attached hydrogen (secondary N) is 1. The van der Waals surface area contributed by atoms with Crippen LogP contribution in [0.1, 0.15) is 46.3 Å². The van der Waals surface area contributed by atoms with Crippen LogP contribution in [-0.4, -0.2) is 24.7 Å². The van der Waals surface area contributed by atoms with Gasteiger partial charge in [-0.1, -0.05) is 31.2 Å². The first-order chi connectivity index (χ1) is 16.3. The van der Waals surface area contributed by atoms with E-state index in [4.69, 9.17) is 0 Å². The van der Waals surface area contributed by atoms with E-state index in [1.807, 2.05) is 36.4 Å². The van der Waals surface area contributed by atoms with E-state index >= 15 is 0 Å². The molecule has 1 atom stereocenters. The second-order valence-electron chi connectivity index (χ2n) is 8.36. The van der Waals surface area contributed by atoms with Crippen LogP contribution in [0.4, 0.5) is 18.9 Å². The smallest absolute Gasteiger partial charge is 0.371 e. The van der Waals surface area contributed by atoms with Gasteiger partial charge in [0.05, 0.1) is 5.56 Å². The standard InChI is InChI=1S/C27H27F3N2OS/c1-2-34-25-13-3-19(4-14-25)17-31-26(33)21-7-5-20(6-8-21)22-15-16-32(18-22)24-11-9-23(10-12-24)27(28,29)30/h3-14,22H,2,15-18H2,1H3,(H,31,33). The number of hydrogen-bond acceptors (Lipinski definition) is 3. The Labute approximate surface area is 202 Å². The highest BCUT2D eigenvalue weighted by atomic mass is 32.2. The molecular weight excluding hydrogens is 457 g/mol. The first-order valence-corrected chi connectivity index (χ1v) is 12.3. The molecule has 3 nitrogen and oxygen atoms in total. The summed E-state index contributed by atoms with van der Waals surface area (Å²) in [7, 11) is 0. The number of anilines is 1. The molecule has 0 spiro atoms.